The van der Waals surface area contributed by atoms with E-state index < -0.39 is 0 Å². The van der Waals surface area contributed by atoms with Gasteiger partial charge < -0.3 is 4.90 Å². The van der Waals surface area contributed by atoms with Crippen molar-refractivity contribution in [1.82, 2.24) is 9.88 Å². The largest absolute Gasteiger partial charge is 0.322 e. The first-order chi connectivity index (χ1) is 14.6. The number of hydrogen-bond donors (Lipinski definition) is 0. The molecule has 150 valence electrons. The van der Waals surface area contributed by atoms with E-state index in [2.05, 4.69) is 4.98 Å². The highest BCUT2D eigenvalue weighted by atomic mass is 32.1. The van der Waals surface area contributed by atoms with Crippen LogP contribution >= 0.6 is 11.3 Å². The van der Waals surface area contributed by atoms with Crippen LogP contribution in [0.15, 0.2) is 72.1 Å². The Morgan fingerprint density at radius 1 is 1.10 bits per heavy atom. The lowest BCUT2D eigenvalue weighted by atomic mass is 10.2. The molecule has 7 heteroatoms. The standard InChI is InChI=1S/C23H20N4O2S/c1-18(28)27(21-10-6-3-7-11-21)23-25-20(17-30-23)12-13-22(29)26(15-14-24)16-19-8-4-2-5-9-19/h2-13,17H,15-16H2,1H3. The van der Waals surface area contributed by atoms with Crippen molar-refractivity contribution in [2.75, 3.05) is 11.4 Å². The van der Waals surface area contributed by atoms with E-state index in [4.69, 9.17) is 5.26 Å². The van der Waals surface area contributed by atoms with Gasteiger partial charge in [-0.15, -0.1) is 11.3 Å². The van der Waals surface area contributed by atoms with Gasteiger partial charge in [-0.25, -0.2) is 4.98 Å². The van der Waals surface area contributed by atoms with Crippen LogP contribution in [0.25, 0.3) is 6.08 Å². The molecule has 2 aromatic carbocycles. The number of nitrogens with zero attached hydrogens (tertiary/aromatic N) is 4. The maximum Gasteiger partial charge on any atom is 0.247 e. The predicted molar refractivity (Wildman–Crippen MR) is 118 cm³/mol. The second kappa shape index (κ2) is 10.1. The molecule has 0 saturated heterocycles. The fourth-order valence-electron chi connectivity index (χ4n) is 2.82. The van der Waals surface area contributed by atoms with Gasteiger partial charge in [-0.1, -0.05) is 48.5 Å². The fourth-order valence-corrected chi connectivity index (χ4v) is 3.68. The SMILES string of the molecule is CC(=O)N(c1ccccc1)c1nc(C=CC(=O)N(CC#N)Cc2ccccc2)cs1. The van der Waals surface area contributed by atoms with Crippen LogP contribution < -0.4 is 4.90 Å². The molecule has 30 heavy (non-hydrogen) atoms. The number of thiazole rings is 1. The Morgan fingerprint density at radius 3 is 2.40 bits per heavy atom. The van der Waals surface area contributed by atoms with Crippen LogP contribution in [0.5, 0.6) is 0 Å². The highest BCUT2D eigenvalue weighted by Gasteiger charge is 2.17. The smallest absolute Gasteiger partial charge is 0.247 e. The maximum atomic E-state index is 12.6. The van der Waals surface area contributed by atoms with Gasteiger partial charge in [-0.2, -0.15) is 5.26 Å². The second-order valence-electron chi connectivity index (χ2n) is 6.42. The quantitative estimate of drug-likeness (QED) is 0.423. The third-order valence-corrected chi connectivity index (χ3v) is 5.06. The van der Waals surface area contributed by atoms with Crippen LogP contribution in [0.4, 0.5) is 10.8 Å². The summed E-state index contributed by atoms with van der Waals surface area (Å²) < 4.78 is 0. The molecule has 0 bridgehead atoms. The molecule has 3 rings (SSSR count). The van der Waals surface area contributed by atoms with Crippen LogP contribution in [0.3, 0.4) is 0 Å². The lowest BCUT2D eigenvalue weighted by molar-refractivity contribution is -0.126. The van der Waals surface area contributed by atoms with Crippen molar-refractivity contribution in [2.24, 2.45) is 0 Å². The molecule has 0 aliphatic heterocycles. The van der Waals surface area contributed by atoms with Crippen LogP contribution in [-0.2, 0) is 16.1 Å². The third-order valence-electron chi connectivity index (χ3n) is 4.22. The number of carbonyl (C=O) groups is 2. The molecular formula is C23H20N4O2S. The van der Waals surface area contributed by atoms with Crippen molar-refractivity contribution in [3.05, 3.63) is 83.4 Å². The molecule has 0 radical (unpaired) electrons. The summed E-state index contributed by atoms with van der Waals surface area (Å²) in [6.07, 6.45) is 3.00. The predicted octanol–water partition coefficient (Wildman–Crippen LogP) is 4.39. The number of hydrogen-bond acceptors (Lipinski definition) is 5. The Balaban J connectivity index is 1.74. The van der Waals surface area contributed by atoms with E-state index in [1.807, 2.05) is 66.7 Å². The molecular weight excluding hydrogens is 396 g/mol. The molecule has 1 aromatic heterocycles. The Morgan fingerprint density at radius 2 is 1.77 bits per heavy atom. The minimum Gasteiger partial charge on any atom is -0.322 e. The number of nitriles is 1. The average Bonchev–Trinajstić information content (AvgIpc) is 3.21. The first-order valence-electron chi connectivity index (χ1n) is 9.27. The molecule has 0 unspecified atom stereocenters. The first-order valence-corrected chi connectivity index (χ1v) is 10.2. The molecule has 0 aliphatic rings. The van der Waals surface area contributed by atoms with Gasteiger partial charge in [0, 0.05) is 24.9 Å². The topological polar surface area (TPSA) is 77.3 Å². The number of para-hydroxylation sites is 1. The molecule has 1 heterocycles. The second-order valence-corrected chi connectivity index (χ2v) is 7.25. The van der Waals surface area contributed by atoms with E-state index in [0.29, 0.717) is 17.4 Å². The lowest BCUT2D eigenvalue weighted by Crippen LogP contribution is -2.29. The van der Waals surface area contributed by atoms with Gasteiger partial charge >= 0.3 is 0 Å². The zero-order valence-corrected chi connectivity index (χ0v) is 17.2. The molecule has 0 aliphatic carbocycles. The number of amides is 2. The Hall–Kier alpha value is -3.76. The highest BCUT2D eigenvalue weighted by Crippen LogP contribution is 2.29. The molecule has 0 atom stereocenters. The van der Waals surface area contributed by atoms with Gasteiger partial charge in [-0.3, -0.25) is 14.5 Å². The third kappa shape index (κ3) is 5.40. The van der Waals surface area contributed by atoms with Crippen molar-refractivity contribution in [3.8, 4) is 6.07 Å². The van der Waals surface area contributed by atoms with Crippen LogP contribution in [0, 0.1) is 11.3 Å². The van der Waals surface area contributed by atoms with E-state index in [1.54, 1.807) is 11.5 Å². The summed E-state index contributed by atoms with van der Waals surface area (Å²) in [7, 11) is 0. The Kier molecular flexibility index (Phi) is 7.09. The average molecular weight is 417 g/mol. The maximum absolute atomic E-state index is 12.6. The first kappa shape index (κ1) is 21.0. The summed E-state index contributed by atoms with van der Waals surface area (Å²) in [5.74, 6) is -0.424. The van der Waals surface area contributed by atoms with Gasteiger partial charge in [0.05, 0.1) is 17.5 Å². The monoisotopic (exact) mass is 416 g/mol. The van der Waals surface area contributed by atoms with Gasteiger partial charge in [0.1, 0.15) is 6.54 Å². The van der Waals surface area contributed by atoms with E-state index in [-0.39, 0.29) is 18.4 Å². The summed E-state index contributed by atoms with van der Waals surface area (Å²) in [6.45, 7) is 1.83. The summed E-state index contributed by atoms with van der Waals surface area (Å²) in [5, 5.41) is 11.4. The van der Waals surface area contributed by atoms with Crippen LogP contribution in [0.1, 0.15) is 18.2 Å². The number of carbonyl (C=O) groups excluding carboxylic acids is 2. The number of benzene rings is 2. The number of rotatable bonds is 7. The summed E-state index contributed by atoms with van der Waals surface area (Å²) in [5.41, 5.74) is 2.25. The lowest BCUT2D eigenvalue weighted by Gasteiger charge is -2.18. The fraction of sp³-hybridized carbons (Fsp3) is 0.130. The number of aromatic nitrogens is 1. The molecule has 0 saturated carbocycles. The van der Waals surface area contributed by atoms with E-state index in [1.165, 1.54) is 34.1 Å². The molecule has 0 fully saturated rings. The van der Waals surface area contributed by atoms with Crippen molar-refractivity contribution in [3.63, 3.8) is 0 Å². The van der Waals surface area contributed by atoms with Crippen molar-refractivity contribution in [2.45, 2.75) is 13.5 Å². The Bertz CT molecular complexity index is 1070. The van der Waals surface area contributed by atoms with E-state index in [0.717, 1.165) is 11.3 Å². The molecule has 3 aromatic rings. The zero-order valence-electron chi connectivity index (χ0n) is 16.4. The molecule has 6 nitrogen and oxygen atoms in total. The molecule has 2 amide bonds. The highest BCUT2D eigenvalue weighted by molar-refractivity contribution is 7.14. The van der Waals surface area contributed by atoms with Crippen LogP contribution in [-0.4, -0.2) is 28.2 Å². The normalized spacial score (nSPS) is 10.5. The minimum absolute atomic E-state index is 0.00744. The summed E-state index contributed by atoms with van der Waals surface area (Å²) in [6, 6.07) is 20.8. The minimum atomic E-state index is -0.276. The number of anilines is 2. The zero-order chi connectivity index (χ0) is 21.3. The van der Waals surface area contributed by atoms with Crippen LogP contribution in [0.2, 0.25) is 0 Å². The van der Waals surface area contributed by atoms with E-state index in [9.17, 15) is 9.59 Å². The van der Waals surface area contributed by atoms with Crippen molar-refractivity contribution >= 4 is 40.0 Å². The van der Waals surface area contributed by atoms with Crippen molar-refractivity contribution < 1.29 is 9.59 Å². The molecule has 0 spiro atoms. The van der Waals surface area contributed by atoms with Gasteiger partial charge in [0.15, 0.2) is 5.13 Å². The van der Waals surface area contributed by atoms with Gasteiger partial charge in [0.2, 0.25) is 11.8 Å². The summed E-state index contributed by atoms with van der Waals surface area (Å²) in [4.78, 5) is 32.2. The Labute approximate surface area is 179 Å². The van der Waals surface area contributed by atoms with Gasteiger partial charge in [-0.05, 0) is 23.8 Å². The molecule has 0 N–H and O–H groups in total. The van der Waals surface area contributed by atoms with Crippen molar-refractivity contribution in [1.29, 1.82) is 5.26 Å². The summed E-state index contributed by atoms with van der Waals surface area (Å²) >= 11 is 1.32. The van der Waals surface area contributed by atoms with Gasteiger partial charge in [0.25, 0.3) is 0 Å². The van der Waals surface area contributed by atoms with E-state index >= 15 is 0 Å².